The molecule has 1 N–H and O–H groups in total. The van der Waals surface area contributed by atoms with Crippen molar-refractivity contribution in [1.29, 1.82) is 0 Å². The van der Waals surface area contributed by atoms with Crippen LogP contribution in [0.25, 0.3) is 0 Å². The molecular weight excluding hydrogens is 350 g/mol. The maximum atomic E-state index is 12.9. The summed E-state index contributed by atoms with van der Waals surface area (Å²) in [6.07, 6.45) is 3.67. The van der Waals surface area contributed by atoms with E-state index in [4.69, 9.17) is 0 Å². The first-order valence-electron chi connectivity index (χ1n) is 8.39. The quantitative estimate of drug-likeness (QED) is 0.812. The van der Waals surface area contributed by atoms with Crippen LogP contribution in [-0.2, 0) is 9.59 Å². The summed E-state index contributed by atoms with van der Waals surface area (Å²) in [5.74, 6) is 0.261. The highest BCUT2D eigenvalue weighted by Gasteiger charge is 2.38. The van der Waals surface area contributed by atoms with Crippen molar-refractivity contribution in [2.75, 3.05) is 6.26 Å². The topological polar surface area (TPSA) is 46.2 Å². The number of amides is 1. The average molecular weight is 370 g/mol. The van der Waals surface area contributed by atoms with E-state index in [2.05, 4.69) is 35.6 Å². The first kappa shape index (κ1) is 16.6. The molecule has 5 heteroatoms. The van der Waals surface area contributed by atoms with Gasteiger partial charge in [-0.05, 0) is 41.8 Å². The number of rotatable bonds is 3. The van der Waals surface area contributed by atoms with Crippen molar-refractivity contribution in [3.05, 3.63) is 63.5 Å². The fourth-order valence-electron chi connectivity index (χ4n) is 3.81. The van der Waals surface area contributed by atoms with Gasteiger partial charge in [-0.2, -0.15) is 0 Å². The molecule has 2 heterocycles. The summed E-state index contributed by atoms with van der Waals surface area (Å²) in [6.45, 7) is 0. The fraction of sp³-hybridized carbons (Fsp3) is 0.300. The minimum absolute atomic E-state index is 0.0114. The molecule has 1 aromatic carbocycles. The van der Waals surface area contributed by atoms with Gasteiger partial charge in [0.1, 0.15) is 0 Å². The van der Waals surface area contributed by atoms with Gasteiger partial charge >= 0.3 is 0 Å². The van der Waals surface area contributed by atoms with E-state index in [0.29, 0.717) is 12.8 Å². The van der Waals surface area contributed by atoms with E-state index >= 15 is 0 Å². The van der Waals surface area contributed by atoms with Gasteiger partial charge in [-0.1, -0.05) is 18.2 Å². The maximum Gasteiger partial charge on any atom is 0.225 e. The molecule has 0 radical (unpaired) electrons. The zero-order valence-electron chi connectivity index (χ0n) is 14.0. The van der Waals surface area contributed by atoms with Gasteiger partial charge in [-0.3, -0.25) is 9.59 Å². The Morgan fingerprint density at radius 3 is 2.56 bits per heavy atom. The zero-order chi connectivity index (χ0) is 17.4. The minimum atomic E-state index is -0.114. The molecule has 2 aromatic rings. The monoisotopic (exact) mass is 369 g/mol. The molecule has 0 bridgehead atoms. The van der Waals surface area contributed by atoms with E-state index in [9.17, 15) is 9.59 Å². The Bertz CT molecular complexity index is 837. The standard InChI is InChI=1S/C20H19NO2S2/c1-24-14-6-4-12(5-7-14)15-11-19(23)21-16-9-13(10-17(22)20(15)16)18-3-2-8-25-18/h2-8,13,15H,9-11H2,1H3,(H,21,23)/t13-,15+/m1/s1. The summed E-state index contributed by atoms with van der Waals surface area (Å²) in [5, 5.41) is 5.02. The molecule has 128 valence electrons. The van der Waals surface area contributed by atoms with E-state index in [1.54, 1.807) is 23.1 Å². The number of ketones is 1. The van der Waals surface area contributed by atoms with Crippen LogP contribution in [0.2, 0.25) is 0 Å². The maximum absolute atomic E-state index is 12.9. The van der Waals surface area contributed by atoms with Crippen LogP contribution in [0.4, 0.5) is 0 Å². The number of Topliss-reactive ketones (excluding diaryl/α,β-unsaturated/α-hetero) is 1. The first-order chi connectivity index (χ1) is 12.2. The van der Waals surface area contributed by atoms with E-state index < -0.39 is 0 Å². The van der Waals surface area contributed by atoms with Gasteiger partial charge < -0.3 is 5.32 Å². The van der Waals surface area contributed by atoms with Crippen molar-refractivity contribution in [1.82, 2.24) is 5.32 Å². The van der Waals surface area contributed by atoms with Crippen LogP contribution in [0.5, 0.6) is 0 Å². The van der Waals surface area contributed by atoms with Gasteiger partial charge in [-0.15, -0.1) is 23.1 Å². The summed E-state index contributed by atoms with van der Waals surface area (Å²) in [6, 6.07) is 12.3. The molecular formula is C20H19NO2S2. The van der Waals surface area contributed by atoms with E-state index in [0.717, 1.165) is 23.3 Å². The fourth-order valence-corrected chi connectivity index (χ4v) is 5.04. The molecule has 1 amide bonds. The van der Waals surface area contributed by atoms with Gasteiger partial charge in [0.05, 0.1) is 0 Å². The lowest BCUT2D eigenvalue weighted by molar-refractivity contribution is -0.122. The number of hydrogen-bond donors (Lipinski definition) is 1. The van der Waals surface area contributed by atoms with Gasteiger partial charge in [-0.25, -0.2) is 0 Å². The second kappa shape index (κ2) is 6.81. The van der Waals surface area contributed by atoms with Crippen LogP contribution < -0.4 is 5.32 Å². The number of hydrogen-bond acceptors (Lipinski definition) is 4. The third kappa shape index (κ3) is 3.18. The first-order valence-corrected chi connectivity index (χ1v) is 10.5. The number of carbonyl (C=O) groups is 2. The van der Waals surface area contributed by atoms with Crippen LogP contribution in [0.1, 0.15) is 41.5 Å². The molecule has 1 aliphatic carbocycles. The highest BCUT2D eigenvalue weighted by molar-refractivity contribution is 7.98. The number of nitrogens with one attached hydrogen (secondary N) is 1. The highest BCUT2D eigenvalue weighted by Crippen LogP contribution is 2.43. The van der Waals surface area contributed by atoms with E-state index in [1.807, 2.05) is 17.7 Å². The predicted molar refractivity (Wildman–Crippen MR) is 102 cm³/mol. The normalized spacial score (nSPS) is 23.4. The Morgan fingerprint density at radius 1 is 1.08 bits per heavy atom. The van der Waals surface area contributed by atoms with Crippen LogP contribution in [-0.4, -0.2) is 17.9 Å². The van der Waals surface area contributed by atoms with Crippen molar-refractivity contribution in [2.45, 2.75) is 36.0 Å². The second-order valence-electron chi connectivity index (χ2n) is 6.51. The van der Waals surface area contributed by atoms with Crippen molar-refractivity contribution in [3.63, 3.8) is 0 Å². The van der Waals surface area contributed by atoms with Crippen LogP contribution in [0.15, 0.2) is 57.9 Å². The molecule has 4 rings (SSSR count). The number of benzene rings is 1. The second-order valence-corrected chi connectivity index (χ2v) is 8.37. The summed E-state index contributed by atoms with van der Waals surface area (Å²) in [4.78, 5) is 27.6. The lowest BCUT2D eigenvalue weighted by atomic mass is 9.75. The minimum Gasteiger partial charge on any atom is -0.329 e. The Balaban J connectivity index is 1.70. The smallest absolute Gasteiger partial charge is 0.225 e. The van der Waals surface area contributed by atoms with Gasteiger partial charge in [0, 0.05) is 45.7 Å². The summed E-state index contributed by atoms with van der Waals surface area (Å²) < 4.78 is 0. The van der Waals surface area contributed by atoms with Gasteiger partial charge in [0.2, 0.25) is 5.91 Å². The van der Waals surface area contributed by atoms with E-state index in [1.165, 1.54) is 9.77 Å². The molecule has 25 heavy (non-hydrogen) atoms. The summed E-state index contributed by atoms with van der Waals surface area (Å²) in [7, 11) is 0. The molecule has 2 atom stereocenters. The lowest BCUT2D eigenvalue weighted by Gasteiger charge is -2.34. The molecule has 2 aliphatic rings. The Labute approximate surface area is 155 Å². The molecule has 0 spiro atoms. The van der Waals surface area contributed by atoms with Crippen molar-refractivity contribution >= 4 is 34.8 Å². The number of thiophene rings is 1. The Morgan fingerprint density at radius 2 is 1.88 bits per heavy atom. The number of allylic oxidation sites excluding steroid dienone is 2. The van der Waals surface area contributed by atoms with Crippen LogP contribution in [0.3, 0.4) is 0 Å². The Hall–Kier alpha value is -1.85. The molecule has 1 aliphatic heterocycles. The summed E-state index contributed by atoms with van der Waals surface area (Å²) >= 11 is 3.37. The number of carbonyl (C=O) groups excluding carboxylic acids is 2. The average Bonchev–Trinajstić information content (AvgIpc) is 3.15. The lowest BCUT2D eigenvalue weighted by Crippen LogP contribution is -2.38. The SMILES string of the molecule is CSc1ccc([C@@H]2CC(=O)NC3=C2C(=O)C[C@H](c2cccs2)C3)cc1. The van der Waals surface area contributed by atoms with E-state index in [-0.39, 0.29) is 23.5 Å². The van der Waals surface area contributed by atoms with Crippen LogP contribution in [0, 0.1) is 0 Å². The van der Waals surface area contributed by atoms with Crippen molar-refractivity contribution < 1.29 is 9.59 Å². The zero-order valence-corrected chi connectivity index (χ0v) is 15.6. The third-order valence-electron chi connectivity index (χ3n) is 5.00. The molecule has 0 saturated heterocycles. The Kier molecular flexibility index (Phi) is 4.52. The summed E-state index contributed by atoms with van der Waals surface area (Å²) in [5.41, 5.74) is 2.72. The predicted octanol–water partition coefficient (Wildman–Crippen LogP) is 4.47. The molecule has 3 nitrogen and oxygen atoms in total. The van der Waals surface area contributed by atoms with Crippen LogP contribution >= 0.6 is 23.1 Å². The van der Waals surface area contributed by atoms with Crippen molar-refractivity contribution in [2.24, 2.45) is 0 Å². The van der Waals surface area contributed by atoms with Gasteiger partial charge in [0.15, 0.2) is 5.78 Å². The molecule has 1 aromatic heterocycles. The highest BCUT2D eigenvalue weighted by atomic mass is 32.2. The number of thioether (sulfide) groups is 1. The largest absolute Gasteiger partial charge is 0.329 e. The van der Waals surface area contributed by atoms with Crippen molar-refractivity contribution in [3.8, 4) is 0 Å². The van der Waals surface area contributed by atoms with Gasteiger partial charge in [0.25, 0.3) is 0 Å². The molecule has 0 unspecified atom stereocenters. The third-order valence-corrected chi connectivity index (χ3v) is 6.78. The molecule has 0 fully saturated rings. The molecule has 0 saturated carbocycles.